The monoisotopic (exact) mass is 370 g/mol. The third-order valence-electron chi connectivity index (χ3n) is 3.85. The van der Waals surface area contributed by atoms with E-state index in [0.29, 0.717) is 28.3 Å². The van der Waals surface area contributed by atoms with Gasteiger partial charge in [-0.1, -0.05) is 41.9 Å². The lowest BCUT2D eigenvalue weighted by Gasteiger charge is -2.14. The van der Waals surface area contributed by atoms with Crippen LogP contribution in [-0.2, 0) is 22.5 Å². The first-order chi connectivity index (χ1) is 12.4. The number of fused-ring (bicyclic) bond motifs is 1. The summed E-state index contributed by atoms with van der Waals surface area (Å²) in [6.45, 7) is 3.89. The molecule has 0 fully saturated rings. The number of nitrogens with zero attached hydrogens (tertiary/aromatic N) is 2. The van der Waals surface area contributed by atoms with Crippen molar-refractivity contribution < 1.29 is 9.53 Å². The number of aromatic nitrogens is 2. The van der Waals surface area contributed by atoms with Crippen LogP contribution in [0, 0.1) is 0 Å². The molecule has 2 aromatic carbocycles. The van der Waals surface area contributed by atoms with E-state index in [4.69, 9.17) is 16.3 Å². The molecule has 0 saturated heterocycles. The highest BCUT2D eigenvalue weighted by molar-refractivity contribution is 6.31. The van der Waals surface area contributed by atoms with Crippen LogP contribution in [0.1, 0.15) is 25.2 Å². The molecule has 6 heteroatoms. The van der Waals surface area contributed by atoms with Crippen molar-refractivity contribution in [2.75, 3.05) is 0 Å². The van der Waals surface area contributed by atoms with Crippen LogP contribution in [0.15, 0.2) is 53.3 Å². The zero-order valence-electron chi connectivity index (χ0n) is 14.6. The van der Waals surface area contributed by atoms with Crippen LogP contribution in [-0.4, -0.2) is 21.6 Å². The average Bonchev–Trinajstić information content (AvgIpc) is 2.58. The van der Waals surface area contributed by atoms with E-state index in [1.165, 1.54) is 4.57 Å². The second kappa shape index (κ2) is 7.70. The van der Waals surface area contributed by atoms with Gasteiger partial charge in [0.2, 0.25) is 0 Å². The third-order valence-corrected chi connectivity index (χ3v) is 4.08. The zero-order chi connectivity index (χ0) is 18.7. The van der Waals surface area contributed by atoms with Gasteiger partial charge in [0.1, 0.15) is 12.2 Å². The number of rotatable bonds is 5. The molecular formula is C20H19ClN2O3. The molecule has 0 atom stereocenters. The predicted octanol–water partition coefficient (Wildman–Crippen LogP) is 3.59. The largest absolute Gasteiger partial charge is 0.463 e. The number of carbonyl (C=O) groups is 1. The molecule has 3 rings (SSSR count). The molecule has 0 aliphatic heterocycles. The second-order valence-corrected chi connectivity index (χ2v) is 6.72. The van der Waals surface area contributed by atoms with E-state index in [2.05, 4.69) is 4.98 Å². The van der Waals surface area contributed by atoms with Crippen LogP contribution in [0.3, 0.4) is 0 Å². The highest BCUT2D eigenvalue weighted by atomic mass is 35.5. The first-order valence-electron chi connectivity index (χ1n) is 8.36. The van der Waals surface area contributed by atoms with Gasteiger partial charge in [0.15, 0.2) is 0 Å². The number of benzene rings is 2. The van der Waals surface area contributed by atoms with Crippen LogP contribution in [0.2, 0.25) is 5.02 Å². The topological polar surface area (TPSA) is 61.2 Å². The Morgan fingerprint density at radius 3 is 2.62 bits per heavy atom. The molecule has 0 amide bonds. The fraction of sp³-hybridized carbons (Fsp3) is 0.250. The maximum atomic E-state index is 13.0. The molecule has 0 unspecified atom stereocenters. The van der Waals surface area contributed by atoms with Crippen LogP contribution in [0.4, 0.5) is 0 Å². The SMILES string of the molecule is CC(C)OC(=O)Cc1nc2cc(Cl)ccc2c(=O)n1Cc1ccccc1. The van der Waals surface area contributed by atoms with Crippen molar-refractivity contribution in [1.29, 1.82) is 0 Å². The Bertz CT molecular complexity index is 997. The molecule has 3 aromatic rings. The molecule has 134 valence electrons. The lowest BCUT2D eigenvalue weighted by molar-refractivity contribution is -0.146. The van der Waals surface area contributed by atoms with Gasteiger partial charge < -0.3 is 4.74 Å². The minimum Gasteiger partial charge on any atom is -0.463 e. The molecule has 0 bridgehead atoms. The van der Waals surface area contributed by atoms with Crippen LogP contribution >= 0.6 is 11.6 Å². The summed E-state index contributed by atoms with van der Waals surface area (Å²) in [5.74, 6) is -0.0608. The van der Waals surface area contributed by atoms with E-state index in [1.807, 2.05) is 30.3 Å². The van der Waals surface area contributed by atoms with Gasteiger partial charge in [0.25, 0.3) is 5.56 Å². The zero-order valence-corrected chi connectivity index (χ0v) is 15.4. The predicted molar refractivity (Wildman–Crippen MR) is 101 cm³/mol. The van der Waals surface area contributed by atoms with Gasteiger partial charge in [0.05, 0.1) is 23.6 Å². The van der Waals surface area contributed by atoms with Crippen molar-refractivity contribution in [2.45, 2.75) is 32.9 Å². The quantitative estimate of drug-likeness (QED) is 0.644. The summed E-state index contributed by atoms with van der Waals surface area (Å²) in [5.41, 5.74) is 1.21. The molecule has 5 nitrogen and oxygen atoms in total. The van der Waals surface area contributed by atoms with Gasteiger partial charge >= 0.3 is 5.97 Å². The maximum Gasteiger partial charge on any atom is 0.313 e. The molecule has 0 N–H and O–H groups in total. The lowest BCUT2D eigenvalue weighted by atomic mass is 10.2. The Morgan fingerprint density at radius 2 is 1.92 bits per heavy atom. The van der Waals surface area contributed by atoms with Gasteiger partial charge in [-0.2, -0.15) is 0 Å². The Balaban J connectivity index is 2.10. The van der Waals surface area contributed by atoms with E-state index in [1.54, 1.807) is 32.0 Å². The van der Waals surface area contributed by atoms with Gasteiger partial charge in [-0.3, -0.25) is 14.2 Å². The molecule has 1 aromatic heterocycles. The van der Waals surface area contributed by atoms with Crippen molar-refractivity contribution in [3.05, 3.63) is 75.3 Å². The van der Waals surface area contributed by atoms with Crippen molar-refractivity contribution >= 4 is 28.5 Å². The normalized spacial score (nSPS) is 11.1. The highest BCUT2D eigenvalue weighted by Gasteiger charge is 2.16. The van der Waals surface area contributed by atoms with Crippen LogP contribution < -0.4 is 5.56 Å². The van der Waals surface area contributed by atoms with E-state index >= 15 is 0 Å². The van der Waals surface area contributed by atoms with E-state index in [-0.39, 0.29) is 18.1 Å². The Labute approximate surface area is 156 Å². The molecule has 0 saturated carbocycles. The number of ether oxygens (including phenoxy) is 1. The van der Waals surface area contributed by atoms with Gasteiger partial charge in [0, 0.05) is 5.02 Å². The minimum atomic E-state index is -0.421. The fourth-order valence-electron chi connectivity index (χ4n) is 2.74. The summed E-state index contributed by atoms with van der Waals surface area (Å²) < 4.78 is 6.74. The van der Waals surface area contributed by atoms with Crippen molar-refractivity contribution in [3.8, 4) is 0 Å². The van der Waals surface area contributed by atoms with Gasteiger partial charge in [-0.15, -0.1) is 0 Å². The summed E-state index contributed by atoms with van der Waals surface area (Å²) in [5, 5.41) is 0.951. The molecule has 0 radical (unpaired) electrons. The molecule has 0 aliphatic rings. The molecule has 0 spiro atoms. The summed E-state index contributed by atoms with van der Waals surface area (Å²) in [6, 6.07) is 14.5. The fourth-order valence-corrected chi connectivity index (χ4v) is 2.90. The Hall–Kier alpha value is -2.66. The van der Waals surface area contributed by atoms with E-state index in [0.717, 1.165) is 5.56 Å². The number of hydrogen-bond donors (Lipinski definition) is 0. The number of halogens is 1. The van der Waals surface area contributed by atoms with Crippen LogP contribution in [0.25, 0.3) is 10.9 Å². The van der Waals surface area contributed by atoms with Gasteiger partial charge in [-0.05, 0) is 37.6 Å². The summed E-state index contributed by atoms with van der Waals surface area (Å²) >= 11 is 6.03. The first kappa shape index (κ1) is 18.1. The molecule has 1 heterocycles. The van der Waals surface area contributed by atoms with Crippen molar-refractivity contribution in [3.63, 3.8) is 0 Å². The van der Waals surface area contributed by atoms with E-state index in [9.17, 15) is 9.59 Å². The van der Waals surface area contributed by atoms with E-state index < -0.39 is 5.97 Å². The van der Waals surface area contributed by atoms with Crippen molar-refractivity contribution in [2.24, 2.45) is 0 Å². The first-order valence-corrected chi connectivity index (χ1v) is 8.74. The molecule has 0 aliphatic carbocycles. The standard InChI is InChI=1S/C20H19ClN2O3/c1-13(2)26-19(24)11-18-22-17-10-15(21)8-9-16(17)20(25)23(18)12-14-6-4-3-5-7-14/h3-10,13H,11-12H2,1-2H3. The Kier molecular flexibility index (Phi) is 5.38. The smallest absolute Gasteiger partial charge is 0.313 e. The number of carbonyl (C=O) groups excluding carboxylic acids is 1. The highest BCUT2D eigenvalue weighted by Crippen LogP contribution is 2.16. The summed E-state index contributed by atoms with van der Waals surface area (Å²) in [4.78, 5) is 29.7. The Morgan fingerprint density at radius 1 is 1.19 bits per heavy atom. The van der Waals surface area contributed by atoms with Gasteiger partial charge in [-0.25, -0.2) is 4.98 Å². The van der Waals surface area contributed by atoms with Crippen molar-refractivity contribution in [1.82, 2.24) is 9.55 Å². The lowest BCUT2D eigenvalue weighted by Crippen LogP contribution is -2.28. The second-order valence-electron chi connectivity index (χ2n) is 6.28. The minimum absolute atomic E-state index is 0.0806. The summed E-state index contributed by atoms with van der Waals surface area (Å²) in [7, 11) is 0. The number of hydrogen-bond acceptors (Lipinski definition) is 4. The molecular weight excluding hydrogens is 352 g/mol. The summed E-state index contributed by atoms with van der Waals surface area (Å²) in [6.07, 6.45) is -0.311. The third kappa shape index (κ3) is 4.11. The maximum absolute atomic E-state index is 13.0. The average molecular weight is 371 g/mol. The van der Waals surface area contributed by atoms with Crippen LogP contribution in [0.5, 0.6) is 0 Å². The molecule has 26 heavy (non-hydrogen) atoms. The number of esters is 1.